The number of phenols is 2. The van der Waals surface area contributed by atoms with Gasteiger partial charge in [-0.3, -0.25) is 4.79 Å². The van der Waals surface area contributed by atoms with Crippen molar-refractivity contribution in [2.75, 3.05) is 5.32 Å². The zero-order valence-electron chi connectivity index (χ0n) is 9.52. The summed E-state index contributed by atoms with van der Waals surface area (Å²) in [5.41, 5.74) is 0.448. The van der Waals surface area contributed by atoms with Crippen LogP contribution in [0.25, 0.3) is 0 Å². The van der Waals surface area contributed by atoms with Crippen molar-refractivity contribution in [2.45, 2.75) is 0 Å². The van der Waals surface area contributed by atoms with Gasteiger partial charge in [0.2, 0.25) is 0 Å². The number of nitrogens with one attached hydrogen (secondary N) is 1. The average Bonchev–Trinajstić information content (AvgIpc) is 2.38. The molecule has 4 nitrogen and oxygen atoms in total. The van der Waals surface area contributed by atoms with E-state index in [2.05, 4.69) is 5.32 Å². The molecule has 1 amide bonds. The number of benzene rings is 2. The molecular weight excluding hydrogens is 289 g/mol. The first-order chi connectivity index (χ1) is 8.99. The number of anilines is 1. The Morgan fingerprint density at radius 1 is 1.05 bits per heavy atom. The van der Waals surface area contributed by atoms with E-state index in [-0.39, 0.29) is 32.8 Å². The normalized spacial score (nSPS) is 10.2. The van der Waals surface area contributed by atoms with Crippen LogP contribution >= 0.6 is 23.2 Å². The number of amides is 1. The van der Waals surface area contributed by atoms with Crippen molar-refractivity contribution in [1.82, 2.24) is 0 Å². The molecule has 0 fully saturated rings. The second kappa shape index (κ2) is 5.38. The molecule has 2 aromatic rings. The molecule has 0 aliphatic heterocycles. The highest BCUT2D eigenvalue weighted by atomic mass is 35.5. The van der Waals surface area contributed by atoms with Gasteiger partial charge in [0, 0.05) is 5.56 Å². The number of hydrogen-bond acceptors (Lipinski definition) is 3. The largest absolute Gasteiger partial charge is 0.506 e. The van der Waals surface area contributed by atoms with Gasteiger partial charge in [0.25, 0.3) is 5.91 Å². The van der Waals surface area contributed by atoms with Crippen LogP contribution in [0.15, 0.2) is 36.4 Å². The molecule has 0 atom stereocenters. The number of hydrogen-bond donors (Lipinski definition) is 3. The summed E-state index contributed by atoms with van der Waals surface area (Å²) in [4.78, 5) is 12.0. The number of carbonyl (C=O) groups excluding carboxylic acids is 1. The molecule has 0 aliphatic carbocycles. The van der Waals surface area contributed by atoms with Crippen LogP contribution in [0.1, 0.15) is 10.4 Å². The highest BCUT2D eigenvalue weighted by Gasteiger charge is 2.13. The first-order valence-electron chi connectivity index (χ1n) is 5.26. The smallest absolute Gasteiger partial charge is 0.255 e. The number of rotatable bonds is 2. The maximum Gasteiger partial charge on any atom is 0.255 e. The number of phenolic OH excluding ortho intramolecular Hbond substituents is 2. The van der Waals surface area contributed by atoms with E-state index < -0.39 is 5.91 Å². The van der Waals surface area contributed by atoms with Crippen molar-refractivity contribution < 1.29 is 15.0 Å². The molecule has 98 valence electrons. The number of aromatic hydroxyl groups is 2. The number of halogens is 2. The van der Waals surface area contributed by atoms with Gasteiger partial charge in [-0.05, 0) is 24.3 Å². The maximum absolute atomic E-state index is 12.0. The van der Waals surface area contributed by atoms with Crippen molar-refractivity contribution in [2.24, 2.45) is 0 Å². The lowest BCUT2D eigenvalue weighted by Crippen LogP contribution is -2.12. The van der Waals surface area contributed by atoms with Gasteiger partial charge in [0.15, 0.2) is 5.75 Å². The van der Waals surface area contributed by atoms with Gasteiger partial charge in [0.1, 0.15) is 5.75 Å². The molecule has 19 heavy (non-hydrogen) atoms. The van der Waals surface area contributed by atoms with Crippen molar-refractivity contribution in [1.29, 1.82) is 0 Å². The van der Waals surface area contributed by atoms with E-state index in [0.29, 0.717) is 0 Å². The second-order valence-corrected chi connectivity index (χ2v) is 4.57. The molecule has 3 N–H and O–H groups in total. The second-order valence-electron chi connectivity index (χ2n) is 3.76. The van der Waals surface area contributed by atoms with Crippen molar-refractivity contribution in [3.8, 4) is 11.5 Å². The lowest BCUT2D eigenvalue weighted by atomic mass is 10.2. The summed E-state index contributed by atoms with van der Waals surface area (Å²) in [6.07, 6.45) is 0. The van der Waals surface area contributed by atoms with E-state index in [0.717, 1.165) is 0 Å². The van der Waals surface area contributed by atoms with Crippen LogP contribution in [0.3, 0.4) is 0 Å². The number of para-hydroxylation sites is 2. The Morgan fingerprint density at radius 2 is 1.63 bits per heavy atom. The van der Waals surface area contributed by atoms with Gasteiger partial charge in [-0.1, -0.05) is 35.3 Å². The Bertz CT molecular complexity index is 621. The fourth-order valence-corrected chi connectivity index (χ4v) is 1.96. The fraction of sp³-hybridized carbons (Fsp3) is 0. The molecule has 0 saturated carbocycles. The molecule has 0 aromatic heterocycles. The van der Waals surface area contributed by atoms with Crippen LogP contribution in [0.2, 0.25) is 10.0 Å². The standard InChI is InChI=1S/C13H9Cl2NO3/c14-8-5-7(6-9(15)12(8)18)13(19)16-10-3-1-2-4-11(10)17/h1-6,17-18H,(H,16,19). The third-order valence-electron chi connectivity index (χ3n) is 2.43. The Kier molecular flexibility index (Phi) is 3.83. The van der Waals surface area contributed by atoms with E-state index in [9.17, 15) is 15.0 Å². The van der Waals surface area contributed by atoms with Crippen LogP contribution in [-0.4, -0.2) is 16.1 Å². The molecule has 2 rings (SSSR count). The van der Waals surface area contributed by atoms with Crippen LogP contribution in [0.4, 0.5) is 5.69 Å². The summed E-state index contributed by atoms with van der Waals surface area (Å²) in [5, 5.41) is 21.4. The summed E-state index contributed by atoms with van der Waals surface area (Å²) in [7, 11) is 0. The van der Waals surface area contributed by atoms with Crippen LogP contribution in [0, 0.1) is 0 Å². The minimum Gasteiger partial charge on any atom is -0.506 e. The first-order valence-corrected chi connectivity index (χ1v) is 6.02. The topological polar surface area (TPSA) is 69.6 Å². The zero-order chi connectivity index (χ0) is 14.0. The highest BCUT2D eigenvalue weighted by molar-refractivity contribution is 6.37. The quantitative estimate of drug-likeness (QED) is 0.741. The van der Waals surface area contributed by atoms with Gasteiger partial charge >= 0.3 is 0 Å². The number of carbonyl (C=O) groups is 1. The predicted molar refractivity (Wildman–Crippen MR) is 74.2 cm³/mol. The molecule has 0 bridgehead atoms. The molecule has 0 saturated heterocycles. The summed E-state index contributed by atoms with van der Waals surface area (Å²) >= 11 is 11.5. The highest BCUT2D eigenvalue weighted by Crippen LogP contribution is 2.33. The third-order valence-corrected chi connectivity index (χ3v) is 3.01. The first kappa shape index (κ1) is 13.5. The molecule has 6 heteroatoms. The summed E-state index contributed by atoms with van der Waals surface area (Å²) in [6, 6.07) is 8.89. The molecule has 0 aliphatic rings. The van der Waals surface area contributed by atoms with Gasteiger partial charge in [-0.15, -0.1) is 0 Å². The molecular formula is C13H9Cl2NO3. The van der Waals surface area contributed by atoms with Gasteiger partial charge in [-0.25, -0.2) is 0 Å². The Balaban J connectivity index is 2.28. The summed E-state index contributed by atoms with van der Waals surface area (Å²) in [6.45, 7) is 0. The van der Waals surface area contributed by atoms with Crippen molar-refractivity contribution >= 4 is 34.8 Å². The van der Waals surface area contributed by atoms with Crippen LogP contribution in [0.5, 0.6) is 11.5 Å². The van der Waals surface area contributed by atoms with Gasteiger partial charge < -0.3 is 15.5 Å². The molecule has 0 radical (unpaired) electrons. The average molecular weight is 298 g/mol. The summed E-state index contributed by atoms with van der Waals surface area (Å²) in [5.74, 6) is -0.820. The monoisotopic (exact) mass is 297 g/mol. The van der Waals surface area contributed by atoms with Crippen LogP contribution < -0.4 is 5.32 Å². The zero-order valence-corrected chi connectivity index (χ0v) is 11.0. The third kappa shape index (κ3) is 2.92. The lowest BCUT2D eigenvalue weighted by Gasteiger charge is -2.08. The van der Waals surface area contributed by atoms with E-state index in [1.54, 1.807) is 18.2 Å². The lowest BCUT2D eigenvalue weighted by molar-refractivity contribution is 0.102. The molecule has 2 aromatic carbocycles. The SMILES string of the molecule is O=C(Nc1ccccc1O)c1cc(Cl)c(O)c(Cl)c1. The van der Waals surface area contributed by atoms with Crippen molar-refractivity contribution in [3.05, 3.63) is 52.0 Å². The molecule has 0 heterocycles. The van der Waals surface area contributed by atoms with Crippen molar-refractivity contribution in [3.63, 3.8) is 0 Å². The van der Waals surface area contributed by atoms with Crippen LogP contribution in [-0.2, 0) is 0 Å². The molecule has 0 unspecified atom stereocenters. The fourth-order valence-electron chi connectivity index (χ4n) is 1.47. The van der Waals surface area contributed by atoms with Gasteiger partial charge in [0.05, 0.1) is 15.7 Å². The van der Waals surface area contributed by atoms with E-state index >= 15 is 0 Å². The Morgan fingerprint density at radius 3 is 2.21 bits per heavy atom. The minimum absolute atomic E-state index is 0.0186. The Hall–Kier alpha value is -1.91. The Labute approximate surface area is 119 Å². The minimum atomic E-state index is -0.495. The van der Waals surface area contributed by atoms with E-state index in [4.69, 9.17) is 23.2 Å². The predicted octanol–water partition coefficient (Wildman–Crippen LogP) is 3.66. The molecule has 0 spiro atoms. The van der Waals surface area contributed by atoms with E-state index in [1.807, 2.05) is 0 Å². The van der Waals surface area contributed by atoms with E-state index in [1.165, 1.54) is 18.2 Å². The summed E-state index contributed by atoms with van der Waals surface area (Å²) < 4.78 is 0. The maximum atomic E-state index is 12.0. The van der Waals surface area contributed by atoms with Gasteiger partial charge in [-0.2, -0.15) is 0 Å².